The van der Waals surface area contributed by atoms with Crippen molar-refractivity contribution in [3.05, 3.63) is 34.9 Å². The van der Waals surface area contributed by atoms with Gasteiger partial charge in [0.15, 0.2) is 0 Å². The van der Waals surface area contributed by atoms with Gasteiger partial charge in [0.05, 0.1) is 6.04 Å². The lowest BCUT2D eigenvalue weighted by Crippen LogP contribution is -2.48. The molecule has 1 saturated heterocycles. The second kappa shape index (κ2) is 5.04. The van der Waals surface area contributed by atoms with Gasteiger partial charge in [0.25, 0.3) is 0 Å². The van der Waals surface area contributed by atoms with E-state index in [2.05, 4.69) is 20.8 Å². The van der Waals surface area contributed by atoms with Crippen molar-refractivity contribution in [2.45, 2.75) is 51.8 Å². The van der Waals surface area contributed by atoms with Crippen molar-refractivity contribution < 1.29 is 9.53 Å². The third kappa shape index (κ3) is 2.57. The molecule has 1 aromatic rings. The second-order valence-corrected chi connectivity index (χ2v) is 6.07. The molecule has 19 heavy (non-hydrogen) atoms. The van der Waals surface area contributed by atoms with Crippen LogP contribution in [0.1, 0.15) is 45.8 Å². The van der Waals surface area contributed by atoms with Crippen LogP contribution in [0.3, 0.4) is 0 Å². The maximum atomic E-state index is 12.1. The first-order valence-corrected chi connectivity index (χ1v) is 7.00. The molecule has 0 bridgehead atoms. The summed E-state index contributed by atoms with van der Waals surface area (Å²) in [6.45, 7) is 8.22. The first kappa shape index (κ1) is 14.2. The second-order valence-electron chi connectivity index (χ2n) is 5.64. The first-order valence-electron chi connectivity index (χ1n) is 6.62. The number of cyclic esters (lactones) is 1. The van der Waals surface area contributed by atoms with E-state index in [1.54, 1.807) is 0 Å². The minimum absolute atomic E-state index is 0.000849. The van der Waals surface area contributed by atoms with Crippen molar-refractivity contribution >= 4 is 17.7 Å². The Labute approximate surface area is 119 Å². The van der Waals surface area contributed by atoms with Crippen molar-refractivity contribution in [3.63, 3.8) is 0 Å². The zero-order valence-corrected chi connectivity index (χ0v) is 12.6. The van der Waals surface area contributed by atoms with Crippen molar-refractivity contribution in [3.8, 4) is 0 Å². The zero-order chi connectivity index (χ0) is 14.2. The van der Waals surface area contributed by atoms with Crippen LogP contribution in [0.25, 0.3) is 0 Å². The van der Waals surface area contributed by atoms with Crippen LogP contribution in [-0.4, -0.2) is 22.6 Å². The molecule has 0 saturated carbocycles. The molecule has 1 amide bonds. The number of hydrogen-bond acceptors (Lipinski definition) is 2. The van der Waals surface area contributed by atoms with E-state index in [9.17, 15) is 4.79 Å². The van der Waals surface area contributed by atoms with E-state index in [1.807, 2.05) is 36.1 Å². The van der Waals surface area contributed by atoms with Crippen molar-refractivity contribution in [2.75, 3.05) is 0 Å². The number of carbonyl (C=O) groups excluding carboxylic acids is 1. The largest absolute Gasteiger partial charge is 0.439 e. The fourth-order valence-corrected chi connectivity index (χ4v) is 2.76. The average Bonchev–Trinajstić information content (AvgIpc) is 2.65. The molecule has 1 aromatic carbocycles. The van der Waals surface area contributed by atoms with E-state index >= 15 is 0 Å². The highest BCUT2D eigenvalue weighted by molar-refractivity contribution is 6.30. The highest BCUT2D eigenvalue weighted by atomic mass is 35.5. The Bertz CT molecular complexity index is 487. The van der Waals surface area contributed by atoms with Gasteiger partial charge in [0, 0.05) is 10.6 Å². The lowest BCUT2D eigenvalue weighted by Gasteiger charge is -2.36. The summed E-state index contributed by atoms with van der Waals surface area (Å²) in [6, 6.07) is 7.51. The van der Waals surface area contributed by atoms with Crippen molar-refractivity contribution in [2.24, 2.45) is 0 Å². The van der Waals surface area contributed by atoms with Gasteiger partial charge in [-0.05, 0) is 44.9 Å². The van der Waals surface area contributed by atoms with Gasteiger partial charge in [0.1, 0.15) is 6.10 Å². The molecular formula is C15H20ClNO2. The smallest absolute Gasteiger partial charge is 0.411 e. The molecule has 0 aliphatic carbocycles. The van der Waals surface area contributed by atoms with Crippen LogP contribution in [0.5, 0.6) is 0 Å². The summed E-state index contributed by atoms with van der Waals surface area (Å²) in [6.07, 6.45) is 0.385. The Morgan fingerprint density at radius 1 is 1.42 bits per heavy atom. The van der Waals surface area contributed by atoms with Crippen LogP contribution < -0.4 is 0 Å². The van der Waals surface area contributed by atoms with Gasteiger partial charge in [0.2, 0.25) is 0 Å². The Morgan fingerprint density at radius 2 is 2.11 bits per heavy atom. The van der Waals surface area contributed by atoms with Gasteiger partial charge in [-0.1, -0.05) is 30.7 Å². The van der Waals surface area contributed by atoms with Gasteiger partial charge >= 0.3 is 6.09 Å². The van der Waals surface area contributed by atoms with Crippen LogP contribution in [0.4, 0.5) is 4.79 Å². The third-order valence-corrected chi connectivity index (χ3v) is 4.20. The maximum Gasteiger partial charge on any atom is 0.411 e. The number of amides is 1. The van der Waals surface area contributed by atoms with Crippen molar-refractivity contribution in [1.82, 2.24) is 4.90 Å². The molecule has 4 heteroatoms. The van der Waals surface area contributed by atoms with E-state index in [1.165, 1.54) is 0 Å². The topological polar surface area (TPSA) is 29.5 Å². The van der Waals surface area contributed by atoms with Gasteiger partial charge in [-0.3, -0.25) is 4.90 Å². The monoisotopic (exact) mass is 281 g/mol. The molecule has 0 N–H and O–H groups in total. The molecule has 1 aliphatic heterocycles. The number of benzene rings is 1. The number of hydrogen-bond donors (Lipinski definition) is 0. The van der Waals surface area contributed by atoms with Crippen LogP contribution in [-0.2, 0) is 4.74 Å². The molecule has 2 atom stereocenters. The number of carbonyl (C=O) groups is 1. The number of nitrogens with zero attached hydrogens (tertiary/aromatic N) is 1. The molecule has 0 radical (unpaired) electrons. The zero-order valence-electron chi connectivity index (χ0n) is 11.8. The lowest BCUT2D eigenvalue weighted by atomic mass is 9.95. The minimum Gasteiger partial charge on any atom is -0.439 e. The predicted molar refractivity (Wildman–Crippen MR) is 76.3 cm³/mol. The normalized spacial score (nSPS) is 23.6. The quantitative estimate of drug-likeness (QED) is 0.821. The summed E-state index contributed by atoms with van der Waals surface area (Å²) >= 11 is 6.01. The van der Waals surface area contributed by atoms with E-state index in [-0.39, 0.29) is 23.8 Å². The summed E-state index contributed by atoms with van der Waals surface area (Å²) in [5.41, 5.74) is 0.742. The van der Waals surface area contributed by atoms with E-state index in [0.29, 0.717) is 5.02 Å². The summed E-state index contributed by atoms with van der Waals surface area (Å²) in [5, 5.41) is 0.661. The number of halogens is 1. The molecule has 0 spiro atoms. The van der Waals surface area contributed by atoms with Crippen LogP contribution >= 0.6 is 11.6 Å². The average molecular weight is 282 g/mol. The molecule has 2 rings (SSSR count). The number of rotatable bonds is 3. The molecule has 0 aromatic heterocycles. The van der Waals surface area contributed by atoms with Gasteiger partial charge in [-0.15, -0.1) is 0 Å². The molecule has 104 valence electrons. The molecule has 1 fully saturated rings. The first-order chi connectivity index (χ1) is 8.86. The Kier molecular flexibility index (Phi) is 3.77. The highest BCUT2D eigenvalue weighted by Crippen LogP contribution is 2.38. The van der Waals surface area contributed by atoms with Gasteiger partial charge in [-0.2, -0.15) is 0 Å². The molecular weight excluding hydrogens is 262 g/mol. The third-order valence-electron chi connectivity index (χ3n) is 3.96. The minimum atomic E-state index is -0.253. The van der Waals surface area contributed by atoms with Gasteiger partial charge < -0.3 is 4.74 Å². The van der Waals surface area contributed by atoms with E-state index in [0.717, 1.165) is 12.0 Å². The van der Waals surface area contributed by atoms with Crippen LogP contribution in [0, 0.1) is 0 Å². The van der Waals surface area contributed by atoms with E-state index < -0.39 is 0 Å². The fourth-order valence-electron chi connectivity index (χ4n) is 2.56. The summed E-state index contributed by atoms with van der Waals surface area (Å²) < 4.78 is 5.54. The van der Waals surface area contributed by atoms with Crippen LogP contribution in [0.15, 0.2) is 24.3 Å². The summed E-state index contributed by atoms with van der Waals surface area (Å²) in [7, 11) is 0. The molecule has 3 nitrogen and oxygen atoms in total. The van der Waals surface area contributed by atoms with Crippen molar-refractivity contribution in [1.29, 1.82) is 0 Å². The Balaban J connectivity index is 2.30. The predicted octanol–water partition coefficient (Wildman–Crippen LogP) is 4.41. The summed E-state index contributed by atoms with van der Waals surface area (Å²) in [4.78, 5) is 14.0. The Hall–Kier alpha value is -1.22. The van der Waals surface area contributed by atoms with Gasteiger partial charge in [-0.25, -0.2) is 4.79 Å². The lowest BCUT2D eigenvalue weighted by molar-refractivity contribution is 0.112. The maximum absolute atomic E-state index is 12.1. The molecule has 0 unspecified atom stereocenters. The number of ether oxygens (including phenoxy) is 1. The Morgan fingerprint density at radius 3 is 2.68 bits per heavy atom. The fraction of sp³-hybridized carbons (Fsp3) is 0.533. The highest BCUT2D eigenvalue weighted by Gasteiger charge is 2.45. The van der Waals surface area contributed by atoms with Crippen LogP contribution in [0.2, 0.25) is 5.02 Å². The standard InChI is InChI=1S/C15H20ClNO2/c1-5-15(3,4)17-10(2)13(19-14(17)18)11-7-6-8-12(16)9-11/h6-10,13H,5H2,1-4H3/t10-,13-/m0/s1. The van der Waals surface area contributed by atoms with E-state index in [4.69, 9.17) is 16.3 Å². The molecule has 1 aliphatic rings. The SMILES string of the molecule is CCC(C)(C)N1C(=O)O[C@H](c2cccc(Cl)c2)[C@@H]1C. The molecule has 1 heterocycles. The summed E-state index contributed by atoms with van der Waals surface area (Å²) in [5.74, 6) is 0.